The van der Waals surface area contributed by atoms with Gasteiger partial charge in [0.05, 0.1) is 10.6 Å². The number of rotatable bonds is 6. The third-order valence-electron chi connectivity index (χ3n) is 3.38. The lowest BCUT2D eigenvalue weighted by molar-refractivity contribution is -0.0106. The monoisotopic (exact) mass is 345 g/mol. The Hall–Kier alpha value is -0.450. The van der Waals surface area contributed by atoms with Gasteiger partial charge in [-0.15, -0.1) is 0 Å². The third-order valence-corrected chi connectivity index (χ3v) is 3.99. The molecule has 0 radical (unpaired) electrons. The molecule has 0 saturated heterocycles. The third kappa shape index (κ3) is 4.83. The van der Waals surface area contributed by atoms with Gasteiger partial charge < -0.3 is 10.1 Å². The molecule has 20 heavy (non-hydrogen) atoms. The van der Waals surface area contributed by atoms with Crippen molar-refractivity contribution in [1.82, 2.24) is 5.32 Å². The number of likely N-dealkylation sites (N-methyl/N-ethyl adjacent to an activating group) is 1. The van der Waals surface area contributed by atoms with Crippen LogP contribution >= 0.6 is 15.9 Å². The maximum atomic E-state index is 13.3. The summed E-state index contributed by atoms with van der Waals surface area (Å²) in [7, 11) is 1.75. The SMILES string of the molecule is CCNC(Cc1ccc(F)c(Br)c1)C(OC)C(C)(C)C. The van der Waals surface area contributed by atoms with Gasteiger partial charge in [-0.2, -0.15) is 0 Å². The topological polar surface area (TPSA) is 21.3 Å². The maximum absolute atomic E-state index is 13.3. The molecule has 4 heteroatoms. The number of ether oxygens (including phenoxy) is 1. The van der Waals surface area contributed by atoms with E-state index >= 15 is 0 Å². The number of nitrogens with one attached hydrogen (secondary N) is 1. The number of benzene rings is 1. The van der Waals surface area contributed by atoms with Gasteiger partial charge in [0, 0.05) is 13.2 Å². The van der Waals surface area contributed by atoms with Crippen molar-refractivity contribution in [3.63, 3.8) is 0 Å². The first-order chi connectivity index (χ1) is 9.29. The molecule has 0 heterocycles. The van der Waals surface area contributed by atoms with E-state index in [0.29, 0.717) is 4.47 Å². The van der Waals surface area contributed by atoms with Gasteiger partial charge in [-0.25, -0.2) is 4.39 Å². The van der Waals surface area contributed by atoms with E-state index in [0.717, 1.165) is 18.5 Å². The van der Waals surface area contributed by atoms with E-state index in [1.165, 1.54) is 6.07 Å². The lowest BCUT2D eigenvalue weighted by Gasteiger charge is -2.36. The van der Waals surface area contributed by atoms with E-state index in [2.05, 4.69) is 48.9 Å². The first-order valence-electron chi connectivity index (χ1n) is 6.99. The van der Waals surface area contributed by atoms with Crippen LogP contribution in [0, 0.1) is 11.2 Å². The van der Waals surface area contributed by atoms with Crippen LogP contribution in [0.1, 0.15) is 33.3 Å². The van der Waals surface area contributed by atoms with Gasteiger partial charge in [-0.1, -0.05) is 33.8 Å². The average molecular weight is 346 g/mol. The van der Waals surface area contributed by atoms with Gasteiger partial charge >= 0.3 is 0 Å². The smallest absolute Gasteiger partial charge is 0.137 e. The lowest BCUT2D eigenvalue weighted by atomic mass is 9.82. The Morgan fingerprint density at radius 3 is 2.45 bits per heavy atom. The number of hydrogen-bond acceptors (Lipinski definition) is 2. The van der Waals surface area contributed by atoms with Crippen molar-refractivity contribution in [3.8, 4) is 0 Å². The fourth-order valence-corrected chi connectivity index (χ4v) is 3.02. The zero-order valence-electron chi connectivity index (χ0n) is 13.0. The number of hydrogen-bond donors (Lipinski definition) is 1. The Morgan fingerprint density at radius 1 is 1.35 bits per heavy atom. The van der Waals surface area contributed by atoms with Gasteiger partial charge in [0.15, 0.2) is 0 Å². The van der Waals surface area contributed by atoms with Gasteiger partial charge in [0.1, 0.15) is 5.82 Å². The fourth-order valence-electron chi connectivity index (χ4n) is 2.59. The molecular weight excluding hydrogens is 321 g/mol. The Balaban J connectivity index is 2.93. The normalized spacial score (nSPS) is 15.2. The maximum Gasteiger partial charge on any atom is 0.137 e. The summed E-state index contributed by atoms with van der Waals surface area (Å²) < 4.78 is 19.5. The predicted octanol–water partition coefficient (Wildman–Crippen LogP) is 4.17. The molecule has 0 aliphatic heterocycles. The second-order valence-corrected chi connectivity index (χ2v) is 6.99. The Morgan fingerprint density at radius 2 is 2.00 bits per heavy atom. The van der Waals surface area contributed by atoms with Crippen molar-refractivity contribution in [2.24, 2.45) is 5.41 Å². The van der Waals surface area contributed by atoms with Crippen LogP contribution in [0.2, 0.25) is 0 Å². The van der Waals surface area contributed by atoms with Gasteiger partial charge in [-0.05, 0) is 52.0 Å². The Bertz CT molecular complexity index is 431. The summed E-state index contributed by atoms with van der Waals surface area (Å²) in [4.78, 5) is 0. The van der Waals surface area contributed by atoms with Crippen molar-refractivity contribution in [3.05, 3.63) is 34.1 Å². The second kappa shape index (κ2) is 7.53. The van der Waals surface area contributed by atoms with Crippen LogP contribution in [0.5, 0.6) is 0 Å². The minimum Gasteiger partial charge on any atom is -0.379 e. The largest absolute Gasteiger partial charge is 0.379 e. The molecule has 0 aromatic heterocycles. The second-order valence-electron chi connectivity index (χ2n) is 6.14. The average Bonchev–Trinajstić information content (AvgIpc) is 2.33. The molecule has 1 rings (SSSR count). The van der Waals surface area contributed by atoms with Gasteiger partial charge in [-0.3, -0.25) is 0 Å². The fraction of sp³-hybridized carbons (Fsp3) is 0.625. The molecule has 0 amide bonds. The van der Waals surface area contributed by atoms with Gasteiger partial charge in [0.2, 0.25) is 0 Å². The molecule has 0 spiro atoms. The molecule has 2 atom stereocenters. The molecule has 1 N–H and O–H groups in total. The first kappa shape index (κ1) is 17.6. The van der Waals surface area contributed by atoms with Crippen molar-refractivity contribution in [1.29, 1.82) is 0 Å². The lowest BCUT2D eigenvalue weighted by Crippen LogP contribution is -2.48. The highest BCUT2D eigenvalue weighted by Crippen LogP contribution is 2.27. The molecule has 0 bridgehead atoms. The molecule has 0 fully saturated rings. The van der Waals surface area contributed by atoms with Crippen LogP contribution in [-0.2, 0) is 11.2 Å². The van der Waals surface area contributed by atoms with E-state index in [1.807, 2.05) is 12.1 Å². The van der Waals surface area contributed by atoms with Gasteiger partial charge in [0.25, 0.3) is 0 Å². The summed E-state index contributed by atoms with van der Waals surface area (Å²) in [5.74, 6) is -0.229. The highest BCUT2D eigenvalue weighted by Gasteiger charge is 2.32. The minimum atomic E-state index is -0.229. The molecule has 0 aliphatic carbocycles. The zero-order chi connectivity index (χ0) is 15.3. The van der Waals surface area contributed by atoms with E-state index in [-0.39, 0.29) is 23.4 Å². The van der Waals surface area contributed by atoms with E-state index in [4.69, 9.17) is 4.74 Å². The summed E-state index contributed by atoms with van der Waals surface area (Å²) in [5, 5.41) is 3.49. The Kier molecular flexibility index (Phi) is 6.62. The number of halogens is 2. The molecular formula is C16H25BrFNO. The van der Waals surface area contributed by atoms with Crippen molar-refractivity contribution >= 4 is 15.9 Å². The molecule has 0 aliphatic rings. The summed E-state index contributed by atoms with van der Waals surface area (Å²) in [5.41, 5.74) is 1.13. The molecule has 114 valence electrons. The van der Waals surface area contributed by atoms with E-state index in [9.17, 15) is 4.39 Å². The van der Waals surface area contributed by atoms with E-state index < -0.39 is 0 Å². The molecule has 0 saturated carbocycles. The van der Waals surface area contributed by atoms with E-state index in [1.54, 1.807) is 7.11 Å². The molecule has 1 aromatic carbocycles. The van der Waals surface area contributed by atoms with Crippen LogP contribution in [-0.4, -0.2) is 25.8 Å². The van der Waals surface area contributed by atoms with Crippen LogP contribution in [0.25, 0.3) is 0 Å². The van der Waals surface area contributed by atoms with Crippen molar-refractivity contribution < 1.29 is 9.13 Å². The quantitative estimate of drug-likeness (QED) is 0.835. The number of methoxy groups -OCH3 is 1. The van der Waals surface area contributed by atoms with Crippen LogP contribution in [0.15, 0.2) is 22.7 Å². The summed E-state index contributed by atoms with van der Waals surface area (Å²) in [6.07, 6.45) is 0.897. The summed E-state index contributed by atoms with van der Waals surface area (Å²) >= 11 is 3.24. The van der Waals surface area contributed by atoms with Crippen LogP contribution < -0.4 is 5.32 Å². The highest BCUT2D eigenvalue weighted by atomic mass is 79.9. The van der Waals surface area contributed by atoms with Crippen molar-refractivity contribution in [2.75, 3.05) is 13.7 Å². The van der Waals surface area contributed by atoms with Crippen LogP contribution in [0.3, 0.4) is 0 Å². The molecule has 1 aromatic rings. The van der Waals surface area contributed by atoms with Crippen LogP contribution in [0.4, 0.5) is 4.39 Å². The van der Waals surface area contributed by atoms with Crippen molar-refractivity contribution in [2.45, 2.75) is 46.3 Å². The minimum absolute atomic E-state index is 0.0405. The highest BCUT2D eigenvalue weighted by molar-refractivity contribution is 9.10. The standard InChI is InChI=1S/C16H25BrFNO/c1-6-19-14(15(20-5)16(2,3)4)10-11-7-8-13(18)12(17)9-11/h7-9,14-15,19H,6,10H2,1-5H3. The predicted molar refractivity (Wildman–Crippen MR) is 85.5 cm³/mol. The zero-order valence-corrected chi connectivity index (χ0v) is 14.6. The first-order valence-corrected chi connectivity index (χ1v) is 7.79. The summed E-state index contributed by atoms with van der Waals surface area (Å²) in [6.45, 7) is 9.48. The molecule has 2 nitrogen and oxygen atoms in total. The Labute approximate surface area is 130 Å². The summed E-state index contributed by atoms with van der Waals surface area (Å²) in [6, 6.07) is 5.37. The molecule has 2 unspecified atom stereocenters.